The molecule has 0 amide bonds. The zero-order valence-electron chi connectivity index (χ0n) is 38.6. The average molecular weight is 1420 g/mol. The van der Waals surface area contributed by atoms with Crippen LogP contribution < -0.4 is 0 Å². The van der Waals surface area contributed by atoms with Crippen LogP contribution in [0.15, 0.2) is 24.3 Å². The van der Waals surface area contributed by atoms with E-state index < -0.39 is 192 Å². The summed E-state index contributed by atoms with van der Waals surface area (Å²) in [5, 5.41) is 25.8. The molecule has 0 bridgehead atoms. The summed E-state index contributed by atoms with van der Waals surface area (Å²) in [5.41, 5.74) is -12.3. The lowest BCUT2D eigenvalue weighted by atomic mass is 9.81. The summed E-state index contributed by atoms with van der Waals surface area (Å²) < 4.78 is 640. The number of hydrogen-bond acceptors (Lipinski definition) is 3. The van der Waals surface area contributed by atoms with Crippen molar-refractivity contribution in [3.63, 3.8) is 0 Å². The third-order valence-corrected chi connectivity index (χ3v) is 10.7. The highest BCUT2D eigenvalue weighted by atomic mass is 19.5. The molecule has 0 radical (unpaired) electrons. The number of aliphatic hydroxyl groups is 1. The van der Waals surface area contributed by atoms with Gasteiger partial charge >= 0.3 is 149 Å². The maximum Gasteiger partial charge on any atom is 0.460 e. The third kappa shape index (κ3) is 11.8. The number of aliphatic carboxylic acids is 2. The monoisotopic (exact) mass is 1420 g/mol. The molecular formula is C34H16F48O5. The van der Waals surface area contributed by atoms with Crippen LogP contribution in [0.1, 0.15) is 25.7 Å². The van der Waals surface area contributed by atoms with E-state index in [-0.39, 0.29) is 0 Å². The molecule has 1 atom stereocenters. The lowest BCUT2D eigenvalue weighted by Crippen LogP contribution is -2.79. The number of carboxylic acid groups (broad SMARTS) is 2. The van der Waals surface area contributed by atoms with Crippen LogP contribution in [0.25, 0.3) is 0 Å². The van der Waals surface area contributed by atoms with Crippen LogP contribution in [0.3, 0.4) is 0 Å². The molecule has 0 aliphatic rings. The van der Waals surface area contributed by atoms with Crippen LogP contribution in [0.2, 0.25) is 0 Å². The summed E-state index contributed by atoms with van der Waals surface area (Å²) in [6, 6.07) is 0. The Labute approximate surface area is 441 Å². The zero-order chi connectivity index (χ0) is 72.2. The van der Waals surface area contributed by atoms with Gasteiger partial charge in [0, 0.05) is 30.4 Å². The van der Waals surface area contributed by atoms with Crippen molar-refractivity contribution < 1.29 is 236 Å². The van der Waals surface area contributed by atoms with Gasteiger partial charge in [0.1, 0.15) is 0 Å². The first-order valence-electron chi connectivity index (χ1n) is 19.4. The molecule has 1 unspecified atom stereocenters. The smallest absolute Gasteiger partial charge is 0.460 e. The number of aliphatic hydroxyl groups excluding tert-OH is 1. The van der Waals surface area contributed by atoms with Gasteiger partial charge in [0.05, 0.1) is 6.10 Å². The summed E-state index contributed by atoms with van der Waals surface area (Å²) in [6.07, 6.45) is -39.4. The molecule has 0 saturated heterocycles. The van der Waals surface area contributed by atoms with Crippen LogP contribution in [0.4, 0.5) is 211 Å². The Hall–Kier alpha value is -4.98. The van der Waals surface area contributed by atoms with Crippen molar-refractivity contribution in [2.24, 2.45) is 0 Å². The van der Waals surface area contributed by atoms with Gasteiger partial charge in [-0.15, -0.1) is 0 Å². The van der Waals surface area contributed by atoms with Gasteiger partial charge in [-0.3, -0.25) is 0 Å². The quantitative estimate of drug-likeness (QED) is 0.0563. The standard InChI is InChI=1S/C19H9F27O3.C15H7F21O2/c1-4(6(48)49)2-5(47)3-7(20,21)9(23,24)11(27,28)13(31,32)15(35,36)17(39,40)16(37,38)14(33,34)12(29,30)10(25,26)8(22,18(41,42)43)19(44,45)46;1-4(5(37)38)2-3-6(16,17)7(18,19)8(20,21)9(22,23)10(24,25)11(26,27)12(28,29)13(30,31)14(32,33)15(34,35)36/h5,47H,1-3H2,(H,48,49);1-3H2,(H,37,38). The Balaban J connectivity index is 0. The Kier molecular flexibility index (Phi) is 21.7. The van der Waals surface area contributed by atoms with Gasteiger partial charge in [-0.2, -0.15) is 206 Å². The van der Waals surface area contributed by atoms with Gasteiger partial charge in [-0.05, 0) is 6.42 Å². The van der Waals surface area contributed by atoms with Gasteiger partial charge in [0.2, 0.25) is 0 Å². The van der Waals surface area contributed by atoms with Crippen molar-refractivity contribution in [3.05, 3.63) is 24.3 Å². The number of rotatable bonds is 27. The molecule has 0 aromatic carbocycles. The van der Waals surface area contributed by atoms with Crippen molar-refractivity contribution in [2.75, 3.05) is 0 Å². The fourth-order valence-corrected chi connectivity index (χ4v) is 5.37. The zero-order valence-corrected chi connectivity index (χ0v) is 38.6. The number of halogens is 48. The second-order valence-electron chi connectivity index (χ2n) is 16.7. The molecule has 0 spiro atoms. The minimum absolute atomic E-state index is 1.49. The normalized spacial score (nSPS) is 16.5. The van der Waals surface area contributed by atoms with Crippen molar-refractivity contribution in [2.45, 2.75) is 169 Å². The third-order valence-electron chi connectivity index (χ3n) is 10.7. The predicted molar refractivity (Wildman–Crippen MR) is 174 cm³/mol. The summed E-state index contributed by atoms with van der Waals surface area (Å²) in [7, 11) is 0. The predicted octanol–water partition coefficient (Wildman–Crippen LogP) is 16.6. The maximum absolute atomic E-state index is 13.9. The van der Waals surface area contributed by atoms with Gasteiger partial charge in [-0.1, -0.05) is 13.2 Å². The molecule has 0 saturated carbocycles. The largest absolute Gasteiger partial charge is 0.478 e. The molecule has 0 aliphatic heterocycles. The molecule has 0 fully saturated rings. The Bertz CT molecular complexity index is 2470. The van der Waals surface area contributed by atoms with Crippen LogP contribution >= 0.6 is 0 Å². The minimum atomic E-state index is -9.90. The molecule has 3 N–H and O–H groups in total. The molecule has 0 heterocycles. The van der Waals surface area contributed by atoms with E-state index in [4.69, 9.17) is 15.3 Å². The Morgan fingerprint density at radius 2 is 0.471 bits per heavy atom. The second-order valence-corrected chi connectivity index (χ2v) is 16.7. The van der Waals surface area contributed by atoms with E-state index in [9.17, 15) is 220 Å². The molecule has 518 valence electrons. The van der Waals surface area contributed by atoms with Crippen LogP contribution in [0.5, 0.6) is 0 Å². The van der Waals surface area contributed by atoms with E-state index in [1.54, 1.807) is 0 Å². The fourth-order valence-electron chi connectivity index (χ4n) is 5.37. The average Bonchev–Trinajstić information content (AvgIpc) is 3.27. The summed E-state index contributed by atoms with van der Waals surface area (Å²) in [5.74, 6) is -175. The molecule has 0 aromatic rings. The topological polar surface area (TPSA) is 94.8 Å². The lowest BCUT2D eigenvalue weighted by molar-refractivity contribution is -0.487. The van der Waals surface area contributed by atoms with Crippen LogP contribution in [-0.2, 0) is 9.59 Å². The highest BCUT2D eigenvalue weighted by molar-refractivity contribution is 5.86. The van der Waals surface area contributed by atoms with Crippen molar-refractivity contribution in [1.29, 1.82) is 0 Å². The molecule has 53 heteroatoms. The van der Waals surface area contributed by atoms with E-state index >= 15 is 0 Å². The van der Waals surface area contributed by atoms with E-state index in [1.807, 2.05) is 0 Å². The summed E-state index contributed by atoms with van der Waals surface area (Å²) in [4.78, 5) is 20.8. The van der Waals surface area contributed by atoms with Crippen molar-refractivity contribution >= 4 is 11.9 Å². The number of alkyl halides is 48. The second kappa shape index (κ2) is 22.4. The lowest BCUT2D eigenvalue weighted by Gasteiger charge is -2.46. The van der Waals surface area contributed by atoms with E-state index in [0.717, 1.165) is 0 Å². The summed E-state index contributed by atoms with van der Waals surface area (Å²) >= 11 is 0. The van der Waals surface area contributed by atoms with Crippen LogP contribution in [0, 0.1) is 0 Å². The molecule has 0 aliphatic carbocycles. The maximum atomic E-state index is 13.9. The van der Waals surface area contributed by atoms with E-state index in [1.165, 1.54) is 0 Å². The molecule has 87 heavy (non-hydrogen) atoms. The van der Waals surface area contributed by atoms with E-state index in [2.05, 4.69) is 13.2 Å². The number of carboxylic acids is 2. The number of hydrogen-bond donors (Lipinski definition) is 3. The molecule has 0 rings (SSSR count). The van der Waals surface area contributed by atoms with Gasteiger partial charge in [0.15, 0.2) is 0 Å². The van der Waals surface area contributed by atoms with Gasteiger partial charge in [-0.25, -0.2) is 14.0 Å². The van der Waals surface area contributed by atoms with Gasteiger partial charge < -0.3 is 15.3 Å². The first kappa shape index (κ1) is 84.1. The SMILES string of the molecule is C=C(CC(O)CC(F)(F)C(F)(F)C(F)(F)C(F)(F)C(F)(F)C(F)(F)C(F)(F)C(F)(F)C(F)(F)C(F)(F)C(F)(C(F)(F)F)C(F)(F)F)C(=O)O.C=C(CCC(F)(F)C(F)(F)C(F)(F)C(F)(F)C(F)(F)C(F)(F)C(F)(F)C(F)(F)C(F)(F)C(F)(F)F)C(=O)O. The fraction of sp³-hybridized carbons (Fsp3) is 0.824. The highest BCUT2D eigenvalue weighted by Gasteiger charge is 3.02. The Morgan fingerprint density at radius 1 is 0.276 bits per heavy atom. The van der Waals surface area contributed by atoms with E-state index in [0.29, 0.717) is 0 Å². The molecule has 0 aromatic heterocycles. The van der Waals surface area contributed by atoms with Crippen molar-refractivity contribution in [3.8, 4) is 0 Å². The minimum Gasteiger partial charge on any atom is -0.478 e. The Morgan fingerprint density at radius 3 is 0.678 bits per heavy atom. The number of carbonyl (C=O) groups is 2. The van der Waals surface area contributed by atoms with Crippen LogP contribution in [-0.4, -0.2) is 170 Å². The molecule has 5 nitrogen and oxygen atoms in total. The van der Waals surface area contributed by atoms with Crippen molar-refractivity contribution in [1.82, 2.24) is 0 Å². The first-order chi connectivity index (χ1) is 36.8. The molecular weight excluding hydrogens is 1400 g/mol. The van der Waals surface area contributed by atoms with Gasteiger partial charge in [0.25, 0.3) is 0 Å². The highest BCUT2D eigenvalue weighted by Crippen LogP contribution is 2.71. The summed E-state index contributed by atoms with van der Waals surface area (Å²) in [6.45, 7) is 4.82. The first-order valence-corrected chi connectivity index (χ1v) is 19.4.